The van der Waals surface area contributed by atoms with Gasteiger partial charge in [0.1, 0.15) is 5.82 Å². The summed E-state index contributed by atoms with van der Waals surface area (Å²) >= 11 is 0. The van der Waals surface area contributed by atoms with E-state index in [1.54, 1.807) is 12.5 Å². The molecule has 0 aliphatic carbocycles. The van der Waals surface area contributed by atoms with Crippen molar-refractivity contribution in [2.75, 3.05) is 12.0 Å². The van der Waals surface area contributed by atoms with E-state index in [2.05, 4.69) is 20.7 Å². The second kappa shape index (κ2) is 5.96. The predicted octanol–water partition coefficient (Wildman–Crippen LogP) is 0.807. The maximum atomic E-state index is 13.4. The smallest absolute Gasteiger partial charge is 0.253 e. The van der Waals surface area contributed by atoms with Gasteiger partial charge in [0.05, 0.1) is 17.6 Å². The summed E-state index contributed by atoms with van der Waals surface area (Å²) < 4.78 is 13.4. The van der Waals surface area contributed by atoms with Crippen molar-refractivity contribution in [3.05, 3.63) is 47.8 Å². The third kappa shape index (κ3) is 3.08. The van der Waals surface area contributed by atoms with Crippen molar-refractivity contribution in [3.63, 3.8) is 0 Å². The van der Waals surface area contributed by atoms with Crippen LogP contribution in [-0.2, 0) is 6.42 Å². The van der Waals surface area contributed by atoms with Gasteiger partial charge in [0, 0.05) is 24.9 Å². The van der Waals surface area contributed by atoms with Crippen molar-refractivity contribution >= 4 is 11.6 Å². The Hall–Kier alpha value is -2.41. The number of halogens is 1. The Bertz CT molecular complexity index is 555. The highest BCUT2D eigenvalue weighted by Crippen LogP contribution is 2.18. The number of imidazole rings is 1. The number of nitrogens with two attached hydrogens (primary N) is 1. The molecule has 0 radical (unpaired) electrons. The summed E-state index contributed by atoms with van der Waals surface area (Å²) in [7, 11) is 0. The van der Waals surface area contributed by atoms with E-state index >= 15 is 0 Å². The molecule has 0 aliphatic heterocycles. The van der Waals surface area contributed by atoms with Gasteiger partial charge in [0.2, 0.25) is 0 Å². The van der Waals surface area contributed by atoms with Crippen LogP contribution in [0, 0.1) is 5.82 Å². The number of aromatic nitrogens is 2. The van der Waals surface area contributed by atoms with Gasteiger partial charge in [-0.15, -0.1) is 0 Å². The molecule has 2 aromatic rings. The van der Waals surface area contributed by atoms with Gasteiger partial charge in [-0.2, -0.15) is 0 Å². The number of aromatic amines is 1. The molecule has 6 nitrogen and oxygen atoms in total. The molecule has 0 atom stereocenters. The first-order chi connectivity index (χ1) is 9.22. The summed E-state index contributed by atoms with van der Waals surface area (Å²) in [5, 5.41) is 2.69. The number of hydrogen-bond acceptors (Lipinski definition) is 4. The molecule has 0 fully saturated rings. The zero-order chi connectivity index (χ0) is 13.7. The lowest BCUT2D eigenvalue weighted by atomic mass is 10.1. The topological polar surface area (TPSA) is 95.8 Å². The molecule has 19 heavy (non-hydrogen) atoms. The van der Waals surface area contributed by atoms with E-state index in [0.717, 1.165) is 5.69 Å². The van der Waals surface area contributed by atoms with Gasteiger partial charge >= 0.3 is 0 Å². The third-order valence-corrected chi connectivity index (χ3v) is 2.64. The molecule has 0 saturated heterocycles. The summed E-state index contributed by atoms with van der Waals surface area (Å²) in [6.45, 7) is 0.418. The Morgan fingerprint density at radius 1 is 1.47 bits per heavy atom. The second-order valence-electron chi connectivity index (χ2n) is 3.89. The molecule has 0 unspecified atom stereocenters. The van der Waals surface area contributed by atoms with E-state index in [1.807, 2.05) is 0 Å². The monoisotopic (exact) mass is 263 g/mol. The maximum absolute atomic E-state index is 13.4. The average molecular weight is 263 g/mol. The highest BCUT2D eigenvalue weighted by atomic mass is 19.1. The Morgan fingerprint density at radius 3 is 3.00 bits per heavy atom. The molecule has 2 rings (SSSR count). The van der Waals surface area contributed by atoms with Crippen molar-refractivity contribution in [2.24, 2.45) is 5.84 Å². The SMILES string of the molecule is NNc1c(F)cccc1C(=O)NCCc1cnc[nH]1. The van der Waals surface area contributed by atoms with Crippen molar-refractivity contribution in [2.45, 2.75) is 6.42 Å². The molecule has 7 heteroatoms. The summed E-state index contributed by atoms with van der Waals surface area (Å²) in [4.78, 5) is 18.7. The van der Waals surface area contributed by atoms with Gasteiger partial charge in [-0.25, -0.2) is 9.37 Å². The van der Waals surface area contributed by atoms with Gasteiger partial charge in [-0.3, -0.25) is 10.6 Å². The number of nitrogen functional groups attached to an aromatic ring is 1. The Labute approximate surface area is 109 Å². The van der Waals surface area contributed by atoms with E-state index in [9.17, 15) is 9.18 Å². The number of anilines is 1. The molecular formula is C12H14FN5O. The predicted molar refractivity (Wildman–Crippen MR) is 68.8 cm³/mol. The lowest BCUT2D eigenvalue weighted by Crippen LogP contribution is -2.27. The highest BCUT2D eigenvalue weighted by molar-refractivity contribution is 5.99. The fourth-order valence-corrected chi connectivity index (χ4v) is 1.69. The van der Waals surface area contributed by atoms with Crippen LogP contribution in [-0.4, -0.2) is 22.4 Å². The van der Waals surface area contributed by atoms with Crippen LogP contribution < -0.4 is 16.6 Å². The van der Waals surface area contributed by atoms with Crippen LogP contribution in [0.15, 0.2) is 30.7 Å². The summed E-state index contributed by atoms with van der Waals surface area (Å²) in [6.07, 6.45) is 3.87. The number of hydrazine groups is 1. The van der Waals surface area contributed by atoms with Crippen LogP contribution in [0.4, 0.5) is 10.1 Å². The van der Waals surface area contributed by atoms with Gasteiger partial charge in [0.15, 0.2) is 0 Å². The molecule has 1 heterocycles. The number of amides is 1. The zero-order valence-corrected chi connectivity index (χ0v) is 10.1. The first-order valence-electron chi connectivity index (χ1n) is 5.73. The number of rotatable bonds is 5. The molecule has 0 saturated carbocycles. The number of nitrogens with zero attached hydrogens (tertiary/aromatic N) is 1. The number of benzene rings is 1. The Balaban J connectivity index is 1.98. The molecule has 0 aliphatic rings. The first-order valence-corrected chi connectivity index (χ1v) is 5.73. The van der Waals surface area contributed by atoms with E-state index < -0.39 is 5.82 Å². The molecule has 1 amide bonds. The Morgan fingerprint density at radius 2 is 2.32 bits per heavy atom. The fraction of sp³-hybridized carbons (Fsp3) is 0.167. The largest absolute Gasteiger partial charge is 0.352 e. The van der Waals surface area contributed by atoms with Crippen LogP contribution in [0.1, 0.15) is 16.1 Å². The number of hydrogen-bond donors (Lipinski definition) is 4. The quantitative estimate of drug-likeness (QED) is 0.474. The van der Waals surface area contributed by atoms with Gasteiger partial charge in [0.25, 0.3) is 5.91 Å². The van der Waals surface area contributed by atoms with Crippen molar-refractivity contribution in [3.8, 4) is 0 Å². The first kappa shape index (κ1) is 13.0. The molecular weight excluding hydrogens is 249 g/mol. The van der Waals surface area contributed by atoms with Crippen molar-refractivity contribution in [1.29, 1.82) is 0 Å². The lowest BCUT2D eigenvalue weighted by molar-refractivity contribution is 0.0954. The van der Waals surface area contributed by atoms with E-state index in [4.69, 9.17) is 5.84 Å². The number of H-pyrrole nitrogens is 1. The van der Waals surface area contributed by atoms with Gasteiger partial charge < -0.3 is 15.7 Å². The zero-order valence-electron chi connectivity index (χ0n) is 10.1. The summed E-state index contributed by atoms with van der Waals surface area (Å²) in [6, 6.07) is 4.19. The fourth-order valence-electron chi connectivity index (χ4n) is 1.69. The average Bonchev–Trinajstić information content (AvgIpc) is 2.91. The van der Waals surface area contributed by atoms with E-state index in [1.165, 1.54) is 18.2 Å². The lowest BCUT2D eigenvalue weighted by Gasteiger charge is -2.10. The van der Waals surface area contributed by atoms with E-state index in [0.29, 0.717) is 13.0 Å². The van der Waals surface area contributed by atoms with Crippen molar-refractivity contribution in [1.82, 2.24) is 15.3 Å². The second-order valence-corrected chi connectivity index (χ2v) is 3.89. The molecule has 1 aromatic carbocycles. The molecule has 0 spiro atoms. The maximum Gasteiger partial charge on any atom is 0.253 e. The Kier molecular flexibility index (Phi) is 4.09. The van der Waals surface area contributed by atoms with Crippen LogP contribution in [0.2, 0.25) is 0 Å². The van der Waals surface area contributed by atoms with Crippen LogP contribution >= 0.6 is 0 Å². The van der Waals surface area contributed by atoms with E-state index in [-0.39, 0.29) is 17.2 Å². The molecule has 0 bridgehead atoms. The number of carbonyl (C=O) groups excluding carboxylic acids is 1. The van der Waals surface area contributed by atoms with Crippen LogP contribution in [0.25, 0.3) is 0 Å². The minimum atomic E-state index is -0.566. The van der Waals surface area contributed by atoms with Crippen LogP contribution in [0.3, 0.4) is 0 Å². The minimum Gasteiger partial charge on any atom is -0.352 e. The van der Waals surface area contributed by atoms with Gasteiger partial charge in [-0.05, 0) is 12.1 Å². The minimum absolute atomic E-state index is 0.0125. The number of para-hydroxylation sites is 1. The standard InChI is InChI=1S/C12H14FN5O/c13-10-3-1-2-9(11(10)18-14)12(19)16-5-4-8-6-15-7-17-8/h1-3,6-7,18H,4-5,14H2,(H,15,17)(H,16,19). The number of carbonyl (C=O) groups is 1. The third-order valence-electron chi connectivity index (χ3n) is 2.64. The molecule has 1 aromatic heterocycles. The normalized spacial score (nSPS) is 10.2. The molecule has 5 N–H and O–H groups in total. The molecule has 100 valence electrons. The van der Waals surface area contributed by atoms with Gasteiger partial charge in [-0.1, -0.05) is 6.07 Å². The summed E-state index contributed by atoms with van der Waals surface area (Å²) in [5.74, 6) is 4.26. The van der Waals surface area contributed by atoms with Crippen LogP contribution in [0.5, 0.6) is 0 Å². The summed E-state index contributed by atoms with van der Waals surface area (Å²) in [5.41, 5.74) is 3.27. The number of nitrogens with one attached hydrogen (secondary N) is 3. The van der Waals surface area contributed by atoms with Crippen molar-refractivity contribution < 1.29 is 9.18 Å². The highest BCUT2D eigenvalue weighted by Gasteiger charge is 2.13.